The second kappa shape index (κ2) is 5.69. The average molecular weight is 236 g/mol. The third-order valence-electron chi connectivity index (χ3n) is 2.02. The number of aliphatic hydroxyl groups excluding tert-OH is 1. The molecule has 1 aromatic carbocycles. The summed E-state index contributed by atoms with van der Waals surface area (Å²) in [4.78, 5) is 22.0. The molecule has 0 atom stereocenters. The van der Waals surface area contributed by atoms with Crippen LogP contribution in [-0.4, -0.2) is 31.1 Å². The molecule has 5 heteroatoms. The Balaban J connectivity index is 2.95. The Morgan fingerprint density at radius 2 is 2.00 bits per heavy atom. The van der Waals surface area contributed by atoms with Gasteiger partial charge in [-0.2, -0.15) is 0 Å². The Bertz CT molecular complexity index is 462. The number of ether oxygens (including phenoxy) is 2. The molecule has 1 N–H and O–H groups in total. The van der Waals surface area contributed by atoms with Crippen molar-refractivity contribution < 1.29 is 24.2 Å². The SMILES string of the molecule is COC(=O)C(=O)C=C(O)c1cccc(OC)c1. The summed E-state index contributed by atoms with van der Waals surface area (Å²) in [6.07, 6.45) is 0.806. The molecule has 0 saturated heterocycles. The Morgan fingerprint density at radius 3 is 2.59 bits per heavy atom. The summed E-state index contributed by atoms with van der Waals surface area (Å²) in [5, 5.41) is 9.63. The van der Waals surface area contributed by atoms with E-state index in [1.165, 1.54) is 13.2 Å². The van der Waals surface area contributed by atoms with E-state index in [1.807, 2.05) is 0 Å². The highest BCUT2D eigenvalue weighted by Gasteiger charge is 2.12. The highest BCUT2D eigenvalue weighted by molar-refractivity contribution is 6.39. The number of esters is 1. The van der Waals surface area contributed by atoms with Gasteiger partial charge >= 0.3 is 5.97 Å². The molecule has 0 amide bonds. The third-order valence-corrected chi connectivity index (χ3v) is 2.02. The number of hydrogen-bond acceptors (Lipinski definition) is 5. The maximum Gasteiger partial charge on any atom is 0.378 e. The number of carbonyl (C=O) groups excluding carboxylic acids is 2. The standard InChI is InChI=1S/C12H12O5/c1-16-9-5-3-4-8(6-9)10(13)7-11(14)12(15)17-2/h3-7,13H,1-2H3. The van der Waals surface area contributed by atoms with Crippen LogP contribution in [0.5, 0.6) is 5.75 Å². The molecule has 0 aliphatic heterocycles. The zero-order valence-electron chi connectivity index (χ0n) is 9.47. The molecular weight excluding hydrogens is 224 g/mol. The molecule has 1 rings (SSSR count). The highest BCUT2D eigenvalue weighted by Crippen LogP contribution is 2.18. The zero-order valence-corrected chi connectivity index (χ0v) is 9.47. The first-order valence-corrected chi connectivity index (χ1v) is 4.76. The van der Waals surface area contributed by atoms with Gasteiger partial charge in [-0.15, -0.1) is 0 Å². The van der Waals surface area contributed by atoms with E-state index in [0.29, 0.717) is 11.3 Å². The molecule has 0 spiro atoms. The Morgan fingerprint density at radius 1 is 1.29 bits per heavy atom. The van der Waals surface area contributed by atoms with Gasteiger partial charge in [-0.05, 0) is 12.1 Å². The fourth-order valence-corrected chi connectivity index (χ4v) is 1.15. The van der Waals surface area contributed by atoms with Crippen LogP contribution < -0.4 is 4.74 Å². The van der Waals surface area contributed by atoms with Crippen molar-refractivity contribution >= 4 is 17.5 Å². The van der Waals surface area contributed by atoms with Gasteiger partial charge in [0.25, 0.3) is 5.78 Å². The summed E-state index contributed by atoms with van der Waals surface area (Å²) in [5.74, 6) is -1.74. The monoisotopic (exact) mass is 236 g/mol. The number of ketones is 1. The molecule has 0 bridgehead atoms. The fourth-order valence-electron chi connectivity index (χ4n) is 1.15. The van der Waals surface area contributed by atoms with E-state index >= 15 is 0 Å². The first-order chi connectivity index (χ1) is 8.08. The minimum Gasteiger partial charge on any atom is -0.507 e. The van der Waals surface area contributed by atoms with Crippen LogP contribution in [-0.2, 0) is 14.3 Å². The maximum atomic E-state index is 11.2. The topological polar surface area (TPSA) is 72.8 Å². The number of rotatable bonds is 4. The van der Waals surface area contributed by atoms with Crippen LogP contribution in [0.4, 0.5) is 0 Å². The predicted molar refractivity (Wildman–Crippen MR) is 60.6 cm³/mol. The molecule has 0 saturated carbocycles. The largest absolute Gasteiger partial charge is 0.507 e. The highest BCUT2D eigenvalue weighted by atomic mass is 16.5. The lowest BCUT2D eigenvalue weighted by Gasteiger charge is -2.03. The van der Waals surface area contributed by atoms with Crippen molar-refractivity contribution in [2.45, 2.75) is 0 Å². The van der Waals surface area contributed by atoms with Crippen molar-refractivity contribution in [1.29, 1.82) is 0 Å². The van der Waals surface area contributed by atoms with Gasteiger partial charge in [-0.25, -0.2) is 4.79 Å². The lowest BCUT2D eigenvalue weighted by Crippen LogP contribution is -2.13. The van der Waals surface area contributed by atoms with E-state index in [0.717, 1.165) is 13.2 Å². The molecule has 0 aliphatic carbocycles. The molecule has 90 valence electrons. The molecule has 1 aromatic rings. The van der Waals surface area contributed by atoms with E-state index in [4.69, 9.17) is 4.74 Å². The fraction of sp³-hybridized carbons (Fsp3) is 0.167. The van der Waals surface area contributed by atoms with Gasteiger partial charge in [0, 0.05) is 11.6 Å². The van der Waals surface area contributed by atoms with Gasteiger partial charge in [0.15, 0.2) is 0 Å². The van der Waals surface area contributed by atoms with Crippen molar-refractivity contribution in [1.82, 2.24) is 0 Å². The number of carbonyl (C=O) groups is 2. The van der Waals surface area contributed by atoms with Crippen molar-refractivity contribution in [3.05, 3.63) is 35.9 Å². The summed E-state index contributed by atoms with van der Waals surface area (Å²) >= 11 is 0. The van der Waals surface area contributed by atoms with E-state index in [-0.39, 0.29) is 5.76 Å². The summed E-state index contributed by atoms with van der Waals surface area (Å²) < 4.78 is 9.19. The molecule has 0 aromatic heterocycles. The molecular formula is C12H12O5. The number of methoxy groups -OCH3 is 2. The second-order valence-electron chi connectivity index (χ2n) is 3.12. The quantitative estimate of drug-likeness (QED) is 0.369. The Labute approximate surface area is 98.3 Å². The van der Waals surface area contributed by atoms with E-state index < -0.39 is 11.8 Å². The van der Waals surface area contributed by atoms with E-state index in [1.54, 1.807) is 18.2 Å². The normalized spacial score (nSPS) is 10.8. The molecule has 0 aliphatic rings. The molecule has 0 radical (unpaired) electrons. The van der Waals surface area contributed by atoms with Crippen LogP contribution in [0.1, 0.15) is 5.56 Å². The Kier molecular flexibility index (Phi) is 4.28. The van der Waals surface area contributed by atoms with Gasteiger partial charge in [0.1, 0.15) is 11.5 Å². The van der Waals surface area contributed by atoms with Gasteiger partial charge in [0.2, 0.25) is 0 Å². The van der Waals surface area contributed by atoms with Crippen molar-refractivity contribution in [3.63, 3.8) is 0 Å². The molecule has 0 heterocycles. The van der Waals surface area contributed by atoms with Crippen LogP contribution in [0.15, 0.2) is 30.3 Å². The summed E-state index contributed by atoms with van der Waals surface area (Å²) in [6.45, 7) is 0. The van der Waals surface area contributed by atoms with Crippen molar-refractivity contribution in [2.75, 3.05) is 14.2 Å². The minimum atomic E-state index is -1.03. The lowest BCUT2D eigenvalue weighted by molar-refractivity contribution is -0.149. The average Bonchev–Trinajstić information content (AvgIpc) is 2.37. The van der Waals surface area contributed by atoms with Crippen LogP contribution in [0, 0.1) is 0 Å². The number of aliphatic hydroxyl groups is 1. The Hall–Kier alpha value is -2.30. The van der Waals surface area contributed by atoms with E-state index in [2.05, 4.69) is 4.74 Å². The maximum absolute atomic E-state index is 11.2. The lowest BCUT2D eigenvalue weighted by atomic mass is 10.1. The molecule has 5 nitrogen and oxygen atoms in total. The summed E-state index contributed by atoms with van der Waals surface area (Å²) in [7, 11) is 2.58. The van der Waals surface area contributed by atoms with Crippen molar-refractivity contribution in [3.8, 4) is 5.75 Å². The minimum absolute atomic E-state index is 0.320. The van der Waals surface area contributed by atoms with Crippen molar-refractivity contribution in [2.24, 2.45) is 0 Å². The van der Waals surface area contributed by atoms with Gasteiger partial charge in [0.05, 0.1) is 14.2 Å². The van der Waals surface area contributed by atoms with Crippen LogP contribution in [0.2, 0.25) is 0 Å². The first-order valence-electron chi connectivity index (χ1n) is 4.76. The van der Waals surface area contributed by atoms with Crippen LogP contribution in [0.25, 0.3) is 5.76 Å². The molecule has 0 fully saturated rings. The second-order valence-corrected chi connectivity index (χ2v) is 3.12. The first kappa shape index (κ1) is 12.8. The number of benzene rings is 1. The third kappa shape index (κ3) is 3.34. The molecule has 0 unspecified atom stereocenters. The van der Waals surface area contributed by atoms with Gasteiger partial charge < -0.3 is 14.6 Å². The number of hydrogen-bond donors (Lipinski definition) is 1. The zero-order chi connectivity index (χ0) is 12.8. The smallest absolute Gasteiger partial charge is 0.378 e. The van der Waals surface area contributed by atoms with Gasteiger partial charge in [-0.1, -0.05) is 12.1 Å². The summed E-state index contributed by atoms with van der Waals surface area (Å²) in [6, 6.07) is 6.47. The predicted octanol–water partition coefficient (Wildman–Crippen LogP) is 1.34. The van der Waals surface area contributed by atoms with E-state index in [9.17, 15) is 14.7 Å². The van der Waals surface area contributed by atoms with Gasteiger partial charge in [-0.3, -0.25) is 4.79 Å². The summed E-state index contributed by atoms with van der Waals surface area (Å²) in [5.41, 5.74) is 0.376. The van der Waals surface area contributed by atoms with Crippen LogP contribution in [0.3, 0.4) is 0 Å². The van der Waals surface area contributed by atoms with Crippen LogP contribution >= 0.6 is 0 Å². The molecule has 17 heavy (non-hydrogen) atoms.